The number of nitrogens with zero attached hydrogens (tertiary/aromatic N) is 1. The summed E-state index contributed by atoms with van der Waals surface area (Å²) in [6.45, 7) is 1.01. The van der Waals surface area contributed by atoms with E-state index in [1.54, 1.807) is 29.2 Å². The van der Waals surface area contributed by atoms with Crippen molar-refractivity contribution in [3.63, 3.8) is 0 Å². The lowest BCUT2D eigenvalue weighted by Crippen LogP contribution is -2.43. The molecule has 0 bridgehead atoms. The Labute approximate surface area is 174 Å². The highest BCUT2D eigenvalue weighted by Gasteiger charge is 2.29. The van der Waals surface area contributed by atoms with Gasteiger partial charge in [0.1, 0.15) is 5.69 Å². The number of H-pyrrole nitrogens is 1. The maximum absolute atomic E-state index is 12.9. The van der Waals surface area contributed by atoms with Crippen LogP contribution in [0.15, 0.2) is 54.6 Å². The molecule has 0 saturated carbocycles. The number of likely N-dealkylation sites (tertiary alicyclic amines) is 1. The normalized spacial score (nSPS) is 16.3. The zero-order valence-corrected chi connectivity index (χ0v) is 16.7. The van der Waals surface area contributed by atoms with Gasteiger partial charge in [-0.2, -0.15) is 0 Å². The number of aromatic nitrogens is 1. The summed E-state index contributed by atoms with van der Waals surface area (Å²) in [5, 5.41) is 3.87. The van der Waals surface area contributed by atoms with Crippen LogP contribution in [-0.4, -0.2) is 47.9 Å². The Kier molecular flexibility index (Phi) is 5.52. The van der Waals surface area contributed by atoms with Crippen LogP contribution in [0, 0.1) is 5.92 Å². The van der Waals surface area contributed by atoms with Crippen LogP contribution in [0.2, 0.25) is 0 Å². The molecule has 0 aliphatic carbocycles. The summed E-state index contributed by atoms with van der Waals surface area (Å²) < 4.78 is 4.68. The minimum Gasteiger partial charge on any atom is -0.465 e. The molecule has 30 heavy (non-hydrogen) atoms. The predicted octanol–water partition coefficient (Wildman–Crippen LogP) is 3.45. The molecule has 7 heteroatoms. The van der Waals surface area contributed by atoms with Crippen LogP contribution in [-0.2, 0) is 9.53 Å². The summed E-state index contributed by atoms with van der Waals surface area (Å²) >= 11 is 0. The molecule has 0 radical (unpaired) electrons. The average Bonchev–Trinajstić information content (AvgIpc) is 3.23. The Morgan fingerprint density at radius 2 is 1.87 bits per heavy atom. The number of fused-ring (bicyclic) bond motifs is 1. The number of aromatic amines is 1. The van der Waals surface area contributed by atoms with Crippen LogP contribution in [0.3, 0.4) is 0 Å². The molecule has 1 fully saturated rings. The third kappa shape index (κ3) is 4.05. The number of methoxy groups -OCH3 is 1. The fraction of sp³-hybridized carbons (Fsp3) is 0.261. The zero-order valence-electron chi connectivity index (χ0n) is 16.7. The van der Waals surface area contributed by atoms with Crippen molar-refractivity contribution in [3.05, 3.63) is 65.9 Å². The highest BCUT2D eigenvalue weighted by Crippen LogP contribution is 2.22. The monoisotopic (exact) mass is 405 g/mol. The van der Waals surface area contributed by atoms with Crippen LogP contribution in [0.25, 0.3) is 10.9 Å². The smallest absolute Gasteiger partial charge is 0.337 e. The Hall–Kier alpha value is -3.61. The largest absolute Gasteiger partial charge is 0.465 e. The summed E-state index contributed by atoms with van der Waals surface area (Å²) in [5.41, 5.74) is 2.48. The van der Waals surface area contributed by atoms with Gasteiger partial charge in [0.15, 0.2) is 0 Å². The van der Waals surface area contributed by atoms with E-state index in [1.165, 1.54) is 7.11 Å². The first-order valence-corrected chi connectivity index (χ1v) is 9.91. The second kappa shape index (κ2) is 8.41. The maximum atomic E-state index is 12.9. The summed E-state index contributed by atoms with van der Waals surface area (Å²) in [4.78, 5) is 42.1. The van der Waals surface area contributed by atoms with Crippen molar-refractivity contribution >= 4 is 34.4 Å². The number of amides is 2. The van der Waals surface area contributed by atoms with Gasteiger partial charge >= 0.3 is 5.97 Å². The molecule has 1 saturated heterocycles. The number of nitrogens with one attached hydrogen (secondary N) is 2. The molecule has 4 rings (SSSR count). The first-order chi connectivity index (χ1) is 14.5. The summed E-state index contributed by atoms with van der Waals surface area (Å²) in [7, 11) is 1.32. The van der Waals surface area contributed by atoms with Crippen molar-refractivity contribution < 1.29 is 19.1 Å². The van der Waals surface area contributed by atoms with Crippen LogP contribution in [0.4, 0.5) is 5.69 Å². The van der Waals surface area contributed by atoms with Crippen LogP contribution < -0.4 is 5.32 Å². The molecular weight excluding hydrogens is 382 g/mol. The van der Waals surface area contributed by atoms with E-state index < -0.39 is 5.97 Å². The van der Waals surface area contributed by atoms with Gasteiger partial charge in [-0.05, 0) is 49.2 Å². The first kappa shape index (κ1) is 19.7. The second-order valence-electron chi connectivity index (χ2n) is 7.42. The number of rotatable bonds is 4. The van der Waals surface area contributed by atoms with Crippen molar-refractivity contribution in [1.82, 2.24) is 9.88 Å². The van der Waals surface area contributed by atoms with Gasteiger partial charge in [-0.1, -0.05) is 18.2 Å². The minimum atomic E-state index is -0.425. The number of benzene rings is 2. The van der Waals surface area contributed by atoms with E-state index >= 15 is 0 Å². The number of carbonyl (C=O) groups is 3. The van der Waals surface area contributed by atoms with Crippen molar-refractivity contribution in [2.75, 3.05) is 25.5 Å². The SMILES string of the molecule is COC(=O)c1ccc(NC(=O)C2CCCN(C(=O)c3cc4ccccc4[nH]3)C2)cc1. The van der Waals surface area contributed by atoms with Gasteiger partial charge in [0.25, 0.3) is 5.91 Å². The Balaban J connectivity index is 1.41. The van der Waals surface area contributed by atoms with E-state index in [2.05, 4.69) is 15.0 Å². The molecule has 2 aromatic carbocycles. The van der Waals surface area contributed by atoms with Crippen molar-refractivity contribution in [2.24, 2.45) is 5.92 Å². The number of carbonyl (C=O) groups excluding carboxylic acids is 3. The van der Waals surface area contributed by atoms with Crippen LogP contribution in [0.1, 0.15) is 33.7 Å². The van der Waals surface area contributed by atoms with Crippen molar-refractivity contribution in [3.8, 4) is 0 Å². The molecular formula is C23H23N3O4. The van der Waals surface area contributed by atoms with Crippen LogP contribution in [0.5, 0.6) is 0 Å². The third-order valence-corrected chi connectivity index (χ3v) is 5.41. The van der Waals surface area contributed by atoms with E-state index in [-0.39, 0.29) is 17.7 Å². The molecule has 3 aromatic rings. The molecule has 1 aliphatic rings. The molecule has 7 nitrogen and oxygen atoms in total. The Bertz CT molecular complexity index is 1050. The van der Waals surface area contributed by atoms with Gasteiger partial charge in [-0.25, -0.2) is 4.79 Å². The summed E-state index contributed by atoms with van der Waals surface area (Å²) in [6.07, 6.45) is 1.49. The molecule has 154 valence electrons. The molecule has 1 aromatic heterocycles. The number of ether oxygens (including phenoxy) is 1. The van der Waals surface area contributed by atoms with Gasteiger partial charge in [-0.3, -0.25) is 9.59 Å². The summed E-state index contributed by atoms with van der Waals surface area (Å²) in [5.74, 6) is -0.931. The molecule has 0 spiro atoms. The van der Waals surface area contributed by atoms with E-state index in [1.807, 2.05) is 30.3 Å². The summed E-state index contributed by atoms with van der Waals surface area (Å²) in [6, 6.07) is 16.1. The maximum Gasteiger partial charge on any atom is 0.337 e. The quantitative estimate of drug-likeness (QED) is 0.651. The van der Waals surface area contributed by atoms with Gasteiger partial charge in [0.2, 0.25) is 5.91 Å². The van der Waals surface area contributed by atoms with E-state index in [0.29, 0.717) is 30.0 Å². The highest BCUT2D eigenvalue weighted by atomic mass is 16.5. The standard InChI is InChI=1S/C23H23N3O4/c1-30-23(29)15-8-10-18(11-9-15)24-21(27)17-6-4-12-26(14-17)22(28)20-13-16-5-2-3-7-19(16)25-20/h2-3,5,7-11,13,17,25H,4,6,12,14H2,1H3,(H,24,27). The number of anilines is 1. The fourth-order valence-electron chi connectivity index (χ4n) is 3.79. The molecule has 2 N–H and O–H groups in total. The number of hydrogen-bond acceptors (Lipinski definition) is 4. The van der Waals surface area contributed by atoms with Gasteiger partial charge in [-0.15, -0.1) is 0 Å². The van der Waals surface area contributed by atoms with E-state index in [0.717, 1.165) is 23.7 Å². The Morgan fingerprint density at radius 3 is 2.60 bits per heavy atom. The highest BCUT2D eigenvalue weighted by molar-refractivity contribution is 5.99. The van der Waals surface area contributed by atoms with E-state index in [4.69, 9.17) is 0 Å². The van der Waals surface area contributed by atoms with Gasteiger partial charge in [0.05, 0.1) is 18.6 Å². The lowest BCUT2D eigenvalue weighted by Gasteiger charge is -2.31. The zero-order chi connectivity index (χ0) is 21.1. The first-order valence-electron chi connectivity index (χ1n) is 9.91. The molecule has 1 aliphatic heterocycles. The fourth-order valence-corrected chi connectivity index (χ4v) is 3.79. The van der Waals surface area contributed by atoms with Gasteiger partial charge in [0, 0.05) is 29.7 Å². The van der Waals surface area contributed by atoms with Crippen molar-refractivity contribution in [1.29, 1.82) is 0 Å². The van der Waals surface area contributed by atoms with E-state index in [9.17, 15) is 14.4 Å². The predicted molar refractivity (Wildman–Crippen MR) is 113 cm³/mol. The lowest BCUT2D eigenvalue weighted by atomic mass is 9.96. The number of esters is 1. The Morgan fingerprint density at radius 1 is 1.10 bits per heavy atom. The van der Waals surface area contributed by atoms with Crippen molar-refractivity contribution in [2.45, 2.75) is 12.8 Å². The third-order valence-electron chi connectivity index (χ3n) is 5.41. The average molecular weight is 405 g/mol. The number of piperidine rings is 1. The lowest BCUT2D eigenvalue weighted by molar-refractivity contribution is -0.121. The number of para-hydroxylation sites is 1. The second-order valence-corrected chi connectivity index (χ2v) is 7.42. The molecule has 2 amide bonds. The van der Waals surface area contributed by atoms with Crippen LogP contribution >= 0.6 is 0 Å². The van der Waals surface area contributed by atoms with Gasteiger partial charge < -0.3 is 19.9 Å². The minimum absolute atomic E-state index is 0.0915. The molecule has 2 heterocycles. The topological polar surface area (TPSA) is 91.5 Å². The molecule has 1 atom stereocenters. The molecule has 1 unspecified atom stereocenters. The number of hydrogen-bond donors (Lipinski definition) is 2.